The van der Waals surface area contributed by atoms with Crippen molar-refractivity contribution in [3.63, 3.8) is 0 Å². The number of rotatable bonds is 6. The van der Waals surface area contributed by atoms with Crippen molar-refractivity contribution >= 4 is 16.9 Å². The third kappa shape index (κ3) is 4.07. The third-order valence-corrected chi connectivity index (χ3v) is 4.81. The van der Waals surface area contributed by atoms with Gasteiger partial charge in [0.05, 0.1) is 6.20 Å². The van der Waals surface area contributed by atoms with Gasteiger partial charge in [0.15, 0.2) is 5.65 Å². The molecule has 0 spiro atoms. The zero-order valence-electron chi connectivity index (χ0n) is 16.1. The largest absolute Gasteiger partial charge is 0.352 e. The highest BCUT2D eigenvalue weighted by atomic mass is 16.2. The maximum atomic E-state index is 12.5. The first kappa shape index (κ1) is 18.8. The van der Waals surface area contributed by atoms with Gasteiger partial charge in [0, 0.05) is 13.1 Å². The molecule has 142 valence electrons. The number of carbonyl (C=O) groups excluding carboxylic acids is 1. The van der Waals surface area contributed by atoms with Gasteiger partial charge >= 0.3 is 0 Å². The van der Waals surface area contributed by atoms with Gasteiger partial charge in [0.2, 0.25) is 5.91 Å². The van der Waals surface area contributed by atoms with E-state index in [1.54, 1.807) is 7.05 Å². The average Bonchev–Trinajstić information content (AvgIpc) is 2.99. The number of fused-ring (bicyclic) bond motifs is 1. The number of aryl methyl sites for hydroxylation is 1. The topological polar surface area (TPSA) is 81.8 Å². The number of hydrogen-bond donors (Lipinski definition) is 1. The Morgan fingerprint density at radius 3 is 2.67 bits per heavy atom. The van der Waals surface area contributed by atoms with Crippen LogP contribution in [0.5, 0.6) is 0 Å². The van der Waals surface area contributed by atoms with Crippen LogP contribution in [0.15, 0.2) is 47.7 Å². The first-order valence-corrected chi connectivity index (χ1v) is 9.00. The molecule has 0 bridgehead atoms. The van der Waals surface area contributed by atoms with Crippen LogP contribution in [0.25, 0.3) is 11.0 Å². The Morgan fingerprint density at radius 2 is 1.96 bits per heavy atom. The van der Waals surface area contributed by atoms with Crippen LogP contribution in [-0.2, 0) is 23.8 Å². The molecule has 3 aromatic rings. The average molecular weight is 367 g/mol. The molecule has 0 aliphatic heterocycles. The van der Waals surface area contributed by atoms with Gasteiger partial charge < -0.3 is 5.32 Å². The van der Waals surface area contributed by atoms with Crippen LogP contribution in [-0.4, -0.2) is 31.3 Å². The summed E-state index contributed by atoms with van der Waals surface area (Å²) in [7, 11) is 1.72. The maximum absolute atomic E-state index is 12.5. The minimum Gasteiger partial charge on any atom is -0.352 e. The van der Waals surface area contributed by atoms with E-state index < -0.39 is 0 Å². The van der Waals surface area contributed by atoms with Crippen molar-refractivity contribution in [3.8, 4) is 0 Å². The van der Waals surface area contributed by atoms with Gasteiger partial charge in [-0.05, 0) is 24.3 Å². The number of benzene rings is 1. The molecule has 1 unspecified atom stereocenters. The van der Waals surface area contributed by atoms with Gasteiger partial charge in [-0.3, -0.25) is 18.8 Å². The maximum Gasteiger partial charge on any atom is 0.264 e. The van der Waals surface area contributed by atoms with Gasteiger partial charge in [-0.1, -0.05) is 44.2 Å². The Balaban J connectivity index is 1.65. The fourth-order valence-electron chi connectivity index (χ4n) is 3.48. The first-order valence-electron chi connectivity index (χ1n) is 9.00. The van der Waals surface area contributed by atoms with Crippen LogP contribution < -0.4 is 10.9 Å². The SMILES string of the molecule is CC(CC(C)(C)c1ccccc1)NC(=O)Cn1cnc2c(cnn2C)c1=O. The number of hydrogen-bond acceptors (Lipinski definition) is 4. The highest BCUT2D eigenvalue weighted by Crippen LogP contribution is 2.28. The van der Waals surface area contributed by atoms with Crippen molar-refractivity contribution in [1.82, 2.24) is 24.6 Å². The third-order valence-electron chi connectivity index (χ3n) is 4.81. The van der Waals surface area contributed by atoms with Gasteiger partial charge in [-0.15, -0.1) is 0 Å². The van der Waals surface area contributed by atoms with Crippen LogP contribution in [0.1, 0.15) is 32.8 Å². The zero-order valence-corrected chi connectivity index (χ0v) is 16.1. The second-order valence-electron chi connectivity index (χ2n) is 7.61. The van der Waals surface area contributed by atoms with Gasteiger partial charge in [0.1, 0.15) is 18.3 Å². The molecule has 0 saturated heterocycles. The van der Waals surface area contributed by atoms with Gasteiger partial charge in [-0.25, -0.2) is 4.98 Å². The summed E-state index contributed by atoms with van der Waals surface area (Å²) >= 11 is 0. The van der Waals surface area contributed by atoms with Crippen molar-refractivity contribution in [3.05, 3.63) is 58.8 Å². The molecule has 0 aliphatic rings. The zero-order chi connectivity index (χ0) is 19.6. The lowest BCUT2D eigenvalue weighted by Gasteiger charge is -2.29. The summed E-state index contributed by atoms with van der Waals surface area (Å²) in [5.41, 5.74) is 1.41. The van der Waals surface area contributed by atoms with E-state index in [9.17, 15) is 9.59 Å². The predicted molar refractivity (Wildman–Crippen MR) is 104 cm³/mol. The van der Waals surface area contributed by atoms with Crippen molar-refractivity contribution < 1.29 is 4.79 Å². The molecule has 0 radical (unpaired) electrons. The number of aromatic nitrogens is 4. The Labute approximate surface area is 158 Å². The van der Waals surface area contributed by atoms with Crippen LogP contribution in [0, 0.1) is 0 Å². The Bertz CT molecular complexity index is 1000. The number of nitrogens with one attached hydrogen (secondary N) is 1. The van der Waals surface area contributed by atoms with E-state index in [0.717, 1.165) is 6.42 Å². The van der Waals surface area contributed by atoms with Crippen LogP contribution in [0.3, 0.4) is 0 Å². The second kappa shape index (κ2) is 7.34. The van der Waals surface area contributed by atoms with E-state index in [2.05, 4.69) is 41.4 Å². The lowest BCUT2D eigenvalue weighted by Crippen LogP contribution is -2.40. The summed E-state index contributed by atoms with van der Waals surface area (Å²) in [5, 5.41) is 7.43. The quantitative estimate of drug-likeness (QED) is 0.722. The highest BCUT2D eigenvalue weighted by molar-refractivity contribution is 5.77. The molecule has 0 aliphatic carbocycles. The summed E-state index contributed by atoms with van der Waals surface area (Å²) in [6.07, 6.45) is 3.66. The minimum absolute atomic E-state index is 0.0292. The highest BCUT2D eigenvalue weighted by Gasteiger charge is 2.24. The van der Waals surface area contributed by atoms with Crippen molar-refractivity contribution in [2.24, 2.45) is 7.05 Å². The molecule has 7 nitrogen and oxygen atoms in total. The molecular weight excluding hydrogens is 342 g/mol. The molecule has 3 rings (SSSR count). The predicted octanol–water partition coefficient (Wildman–Crippen LogP) is 2.00. The Hall–Kier alpha value is -2.96. The van der Waals surface area contributed by atoms with Crippen LogP contribution in [0.4, 0.5) is 0 Å². The molecule has 2 heterocycles. The van der Waals surface area contributed by atoms with Crippen LogP contribution in [0.2, 0.25) is 0 Å². The summed E-state index contributed by atoms with van der Waals surface area (Å²) < 4.78 is 2.85. The Morgan fingerprint density at radius 1 is 1.26 bits per heavy atom. The molecule has 1 aromatic carbocycles. The Kier molecular flexibility index (Phi) is 5.12. The molecule has 0 saturated carbocycles. The minimum atomic E-state index is -0.263. The molecule has 7 heteroatoms. The molecule has 0 fully saturated rings. The fraction of sp³-hybridized carbons (Fsp3) is 0.400. The van der Waals surface area contributed by atoms with Crippen LogP contribution >= 0.6 is 0 Å². The standard InChI is InChI=1S/C20H25N5O2/c1-14(10-20(2,3)15-8-6-5-7-9-15)23-17(26)12-25-13-21-18-16(19(25)27)11-22-24(18)4/h5-9,11,13-14H,10,12H2,1-4H3,(H,23,26). The van der Waals surface area contributed by atoms with Gasteiger partial charge in [-0.2, -0.15) is 5.10 Å². The lowest BCUT2D eigenvalue weighted by molar-refractivity contribution is -0.122. The van der Waals surface area contributed by atoms with E-state index in [1.807, 2.05) is 25.1 Å². The lowest BCUT2D eigenvalue weighted by atomic mass is 9.79. The fourth-order valence-corrected chi connectivity index (χ4v) is 3.48. The van der Waals surface area contributed by atoms with E-state index >= 15 is 0 Å². The summed E-state index contributed by atoms with van der Waals surface area (Å²) in [6, 6.07) is 10.2. The summed E-state index contributed by atoms with van der Waals surface area (Å²) in [5.74, 6) is -0.210. The van der Waals surface area contributed by atoms with E-state index in [1.165, 1.54) is 27.3 Å². The second-order valence-corrected chi connectivity index (χ2v) is 7.61. The summed E-state index contributed by atoms with van der Waals surface area (Å²) in [6.45, 7) is 6.24. The van der Waals surface area contributed by atoms with Gasteiger partial charge in [0.25, 0.3) is 5.56 Å². The van der Waals surface area contributed by atoms with E-state index in [-0.39, 0.29) is 29.5 Å². The normalized spacial score (nSPS) is 12.9. The molecule has 1 N–H and O–H groups in total. The molecule has 27 heavy (non-hydrogen) atoms. The van der Waals surface area contributed by atoms with E-state index in [4.69, 9.17) is 0 Å². The summed E-state index contributed by atoms with van der Waals surface area (Å²) in [4.78, 5) is 29.1. The smallest absolute Gasteiger partial charge is 0.264 e. The monoisotopic (exact) mass is 367 g/mol. The molecule has 1 atom stereocenters. The molecular formula is C20H25N5O2. The van der Waals surface area contributed by atoms with Crippen molar-refractivity contribution in [1.29, 1.82) is 0 Å². The number of carbonyl (C=O) groups is 1. The molecule has 1 amide bonds. The molecule has 2 aromatic heterocycles. The van der Waals surface area contributed by atoms with Crippen molar-refractivity contribution in [2.75, 3.05) is 0 Å². The van der Waals surface area contributed by atoms with E-state index in [0.29, 0.717) is 11.0 Å². The van der Waals surface area contributed by atoms with Crippen molar-refractivity contribution in [2.45, 2.75) is 45.2 Å². The number of amides is 1. The first-order chi connectivity index (χ1) is 12.8. The number of nitrogens with zero attached hydrogens (tertiary/aromatic N) is 4.